The first-order valence-corrected chi connectivity index (χ1v) is 28.2. The van der Waals surface area contributed by atoms with Gasteiger partial charge in [0.2, 0.25) is 0 Å². The summed E-state index contributed by atoms with van der Waals surface area (Å²) in [5, 5.41) is 14.3. The topological polar surface area (TPSA) is 0 Å². The number of hydrogen-bond donors (Lipinski definition) is 0. The molecule has 0 fully saturated rings. The molecule has 10 rings (SSSR count). The van der Waals surface area contributed by atoms with Gasteiger partial charge in [0.25, 0.3) is 0 Å². The van der Waals surface area contributed by atoms with E-state index in [1.165, 1.54) is 65.4 Å². The molecule has 0 heterocycles. The summed E-state index contributed by atoms with van der Waals surface area (Å²) in [6.07, 6.45) is 2.41. The molecule has 10 aromatic carbocycles. The van der Waals surface area contributed by atoms with E-state index in [2.05, 4.69) is 303 Å². The molecule has 8 heteroatoms. The maximum absolute atomic E-state index is 2.30. The summed E-state index contributed by atoms with van der Waals surface area (Å²) in [5.74, 6) is 0. The molecule has 10 aromatic rings. The third-order valence-electron chi connectivity index (χ3n) is 10.9. The van der Waals surface area contributed by atoms with E-state index < -0.39 is 15.8 Å². The van der Waals surface area contributed by atoms with Crippen LogP contribution in [0.1, 0.15) is 0 Å². The zero-order chi connectivity index (χ0) is 44.9. The van der Waals surface area contributed by atoms with E-state index in [1.807, 2.05) is 0 Å². The molecule has 0 atom stereocenters. The van der Waals surface area contributed by atoms with Gasteiger partial charge in [-0.15, -0.1) is 0 Å². The van der Waals surface area contributed by atoms with Gasteiger partial charge >= 0.3 is 44.8 Å². The first-order chi connectivity index (χ1) is 32.8. The minimum Gasteiger partial charge on any atom is -1.00 e. The van der Waals surface area contributed by atoms with Gasteiger partial charge in [-0.25, -0.2) is 0 Å². The largest absolute Gasteiger partial charge is 1.00 e. The van der Waals surface area contributed by atoms with E-state index >= 15 is 0 Å². The summed E-state index contributed by atoms with van der Waals surface area (Å²) in [7, 11) is -1.59. The molecule has 0 unspecified atom stereocenters. The average molecular weight is 1390 g/mol. The first-order valence-electron chi connectivity index (χ1n) is 22.5. The minimum atomic E-state index is -0.446. The van der Waals surface area contributed by atoms with Crippen LogP contribution in [0.4, 0.5) is 0 Å². The average Bonchev–Trinajstić information content (AvgIpc) is 3.41. The fraction of sp³-hybridized carbons (Fsp3) is 0.0323. The predicted molar refractivity (Wildman–Crippen MR) is 298 cm³/mol. The van der Waals surface area contributed by atoms with Crippen molar-refractivity contribution in [3.05, 3.63) is 303 Å². The zero-order valence-electron chi connectivity index (χ0n) is 38.4. The molecule has 358 valence electrons. The Kier molecular flexibility index (Phi) is 27.5. The Morgan fingerprint density at radius 1 is 0.171 bits per heavy atom. The van der Waals surface area contributed by atoms with Gasteiger partial charge in [0.05, 0.1) is 0 Å². The predicted octanol–water partition coefficient (Wildman–Crippen LogP) is 6.14. The Morgan fingerprint density at radius 3 is 0.414 bits per heavy atom. The number of benzene rings is 10. The molecule has 0 N–H and O–H groups in total. The second kappa shape index (κ2) is 32.9. The van der Waals surface area contributed by atoms with Crippen LogP contribution in [0.5, 0.6) is 0 Å². The van der Waals surface area contributed by atoms with E-state index in [9.17, 15) is 0 Å². The Bertz CT molecular complexity index is 2380. The van der Waals surface area contributed by atoms with Crippen LogP contribution in [0.3, 0.4) is 0 Å². The third kappa shape index (κ3) is 17.3. The van der Waals surface area contributed by atoms with Gasteiger partial charge in [0.15, 0.2) is 0 Å². The maximum Gasteiger partial charge on any atom is 1.00 e. The van der Waals surface area contributed by atoms with E-state index in [4.69, 9.17) is 0 Å². The molecule has 0 aromatic heterocycles. The van der Waals surface area contributed by atoms with E-state index in [0.29, 0.717) is 0 Å². The van der Waals surface area contributed by atoms with Gasteiger partial charge < -0.3 is 24.8 Å². The molecule has 0 aliphatic carbocycles. The second-order valence-corrected chi connectivity index (χ2v) is 24.4. The van der Waals surface area contributed by atoms with Gasteiger partial charge in [-0.05, 0) is 97.1 Å². The van der Waals surface area contributed by atoms with Crippen LogP contribution in [0.25, 0.3) is 0 Å². The van der Waals surface area contributed by atoms with Crippen molar-refractivity contribution in [2.45, 2.75) is 0 Å². The molecule has 0 nitrogen and oxygen atoms in total. The van der Waals surface area contributed by atoms with Gasteiger partial charge in [-0.1, -0.05) is 303 Å². The Morgan fingerprint density at radius 2 is 0.286 bits per heavy atom. The summed E-state index contributed by atoms with van der Waals surface area (Å²) in [6.45, 7) is 0. The summed E-state index contributed by atoms with van der Waals surface area (Å²) in [4.78, 5) is 0. The number of halogens is 2. The number of hydrogen-bond acceptors (Lipinski definition) is 0. The fourth-order valence-corrected chi connectivity index (χ4v) is 17.8. The van der Waals surface area contributed by atoms with Crippen molar-refractivity contribution in [3.63, 3.8) is 0 Å². The van der Waals surface area contributed by atoms with Gasteiger partial charge in [-0.2, -0.15) is 0 Å². The fourth-order valence-electron chi connectivity index (χ4n) is 7.80. The molecule has 0 spiro atoms. The van der Waals surface area contributed by atoms with Crippen LogP contribution in [0.15, 0.2) is 303 Å². The smallest absolute Gasteiger partial charge is 1.00 e. The van der Waals surface area contributed by atoms with Crippen molar-refractivity contribution in [1.29, 1.82) is 0 Å². The van der Waals surface area contributed by atoms with Crippen molar-refractivity contribution in [1.82, 2.24) is 0 Å². The van der Waals surface area contributed by atoms with Crippen LogP contribution in [-0.2, 0) is 44.8 Å². The maximum atomic E-state index is 2.30. The summed E-state index contributed by atoms with van der Waals surface area (Å²) in [5.41, 5.74) is 0. The third-order valence-corrected chi connectivity index (χ3v) is 21.2. The molecule has 0 aliphatic rings. The van der Waals surface area contributed by atoms with Gasteiger partial charge in [0.1, 0.15) is 0 Å². The van der Waals surface area contributed by atoms with Crippen LogP contribution in [0.2, 0.25) is 0 Å². The Labute approximate surface area is 465 Å². The quantitative estimate of drug-likeness (QED) is 0.0963. The van der Waals surface area contributed by atoms with Crippen LogP contribution < -0.4 is 77.9 Å². The first kappa shape index (κ1) is 58.6. The van der Waals surface area contributed by atoms with Crippen molar-refractivity contribution in [2.75, 3.05) is 12.3 Å². The molecule has 0 aliphatic heterocycles. The molecule has 70 heavy (non-hydrogen) atoms. The second-order valence-electron chi connectivity index (χ2n) is 15.3. The van der Waals surface area contributed by atoms with Crippen LogP contribution in [-0.4, -0.2) is 12.3 Å². The van der Waals surface area contributed by atoms with Gasteiger partial charge in [-0.3, -0.25) is 0 Å². The minimum absolute atomic E-state index is 0. The normalized spacial score (nSPS) is 10.2. The van der Waals surface area contributed by atoms with E-state index in [1.54, 1.807) is 0 Å². The summed E-state index contributed by atoms with van der Waals surface area (Å²) in [6, 6.07) is 109. The molecule has 0 saturated heterocycles. The summed E-state index contributed by atoms with van der Waals surface area (Å²) < 4.78 is 0. The van der Waals surface area contributed by atoms with Crippen molar-refractivity contribution in [2.24, 2.45) is 0 Å². The van der Waals surface area contributed by atoms with E-state index in [0.717, 1.165) is 0 Å². The monoisotopic (exact) mass is 1390 g/mol. The summed E-state index contributed by atoms with van der Waals surface area (Å²) >= 11 is 0. The SMILES string of the molecule is [Au+].[Au+].[Cl-].[Cl-].c1ccc(P(CCP(c2ccccc2)c2ccccc2)c2ccccc2)cc1.c1ccc(P(c2ccccc2)c2ccccc2)cc1.c1ccc(P(c2ccccc2)c2ccccc2)cc1. The van der Waals surface area contributed by atoms with Crippen molar-refractivity contribution in [3.8, 4) is 0 Å². The number of rotatable bonds is 13. The van der Waals surface area contributed by atoms with Crippen molar-refractivity contribution < 1.29 is 69.6 Å². The zero-order valence-corrected chi connectivity index (χ0v) is 47.9. The molecule has 0 amide bonds. The van der Waals surface area contributed by atoms with Crippen LogP contribution >= 0.6 is 31.7 Å². The van der Waals surface area contributed by atoms with Gasteiger partial charge in [0, 0.05) is 0 Å². The molecular formula is C62H54Au2Cl2P4. The Balaban J connectivity index is 0.000000228. The molecule has 0 bridgehead atoms. The van der Waals surface area contributed by atoms with E-state index in [-0.39, 0.29) is 85.4 Å². The van der Waals surface area contributed by atoms with Crippen LogP contribution in [0, 0.1) is 0 Å². The molecule has 0 saturated carbocycles. The molecule has 0 radical (unpaired) electrons. The standard InChI is InChI=1S/C26H24P2.2C18H15P.2Au.2ClH/c1-5-13-23(14-6-1)27(24-15-7-2-8-16-24)21-22-28(25-17-9-3-10-18-25)26-19-11-4-12-20-26;2*1-4-10-16(11-5-1)19(17-12-6-2-7-13-17)18-14-8-3-9-15-18;;;;/h1-20H,21-22H2;2*1-15H;;;2*1H/q;;;2*+1;;/p-2. The molecular weight excluding hydrogens is 1330 g/mol. The van der Waals surface area contributed by atoms with Crippen molar-refractivity contribution >= 4 is 84.7 Å². The Hall–Kier alpha value is -4.02.